The lowest BCUT2D eigenvalue weighted by molar-refractivity contribution is 0.0740. The molecule has 18 heavy (non-hydrogen) atoms. The molecule has 0 radical (unpaired) electrons. The molecular formula is C12H22ClN3OS. The topological polar surface area (TPSA) is 59.2 Å². The molecule has 1 rings (SSSR count). The number of carbonyl (C=O) groups excluding carboxylic acids is 1. The van der Waals surface area contributed by atoms with Crippen LogP contribution in [0.3, 0.4) is 0 Å². The third-order valence-electron chi connectivity index (χ3n) is 2.19. The second-order valence-corrected chi connectivity index (χ2v) is 6.33. The molecule has 0 fully saturated rings. The number of aromatic nitrogens is 1. The molecule has 0 aliphatic heterocycles. The summed E-state index contributed by atoms with van der Waals surface area (Å²) in [6.07, 6.45) is 0.737. The predicted molar refractivity (Wildman–Crippen MR) is 78.5 cm³/mol. The first-order valence-corrected chi connectivity index (χ1v) is 6.61. The molecule has 1 aromatic rings. The Morgan fingerprint density at radius 3 is 2.61 bits per heavy atom. The predicted octanol–water partition coefficient (Wildman–Crippen LogP) is 2.18. The Hall–Kier alpha value is -0.650. The van der Waals surface area contributed by atoms with Crippen LogP contribution in [0.25, 0.3) is 0 Å². The number of carbonyl (C=O) groups is 1. The Morgan fingerprint density at radius 2 is 2.11 bits per heavy atom. The van der Waals surface area contributed by atoms with Crippen LogP contribution < -0.4 is 5.73 Å². The standard InChI is InChI=1S/C12H21N3OS.ClH/c1-12(2,3)8-15(4)11(16)9-7-17-10(14-9)5-6-13;/h7H,5-6,8,13H2,1-4H3;1H. The maximum atomic E-state index is 12.1. The van der Waals surface area contributed by atoms with Gasteiger partial charge in [0.2, 0.25) is 0 Å². The number of nitrogens with zero attached hydrogens (tertiary/aromatic N) is 2. The first-order valence-electron chi connectivity index (χ1n) is 5.73. The number of halogens is 1. The van der Waals surface area contributed by atoms with E-state index in [0.29, 0.717) is 12.2 Å². The molecule has 0 unspecified atom stereocenters. The van der Waals surface area contributed by atoms with Crippen LogP contribution in [0.15, 0.2) is 5.38 Å². The van der Waals surface area contributed by atoms with E-state index in [0.717, 1.165) is 18.0 Å². The van der Waals surface area contributed by atoms with Gasteiger partial charge in [-0.15, -0.1) is 23.7 Å². The minimum atomic E-state index is -0.0144. The summed E-state index contributed by atoms with van der Waals surface area (Å²) < 4.78 is 0. The van der Waals surface area contributed by atoms with Crippen LogP contribution in [0.1, 0.15) is 36.3 Å². The Morgan fingerprint density at radius 1 is 1.50 bits per heavy atom. The molecule has 0 saturated heterocycles. The molecule has 1 aromatic heterocycles. The van der Waals surface area contributed by atoms with E-state index in [4.69, 9.17) is 5.73 Å². The first-order chi connectivity index (χ1) is 7.83. The molecule has 4 nitrogen and oxygen atoms in total. The molecule has 0 aliphatic rings. The number of thiazole rings is 1. The molecular weight excluding hydrogens is 270 g/mol. The van der Waals surface area contributed by atoms with Crippen molar-refractivity contribution in [1.29, 1.82) is 0 Å². The lowest BCUT2D eigenvalue weighted by Crippen LogP contribution is -2.34. The number of rotatable bonds is 4. The molecule has 0 aliphatic carbocycles. The fraction of sp³-hybridized carbons (Fsp3) is 0.667. The molecule has 104 valence electrons. The van der Waals surface area contributed by atoms with Crippen molar-refractivity contribution in [2.45, 2.75) is 27.2 Å². The smallest absolute Gasteiger partial charge is 0.273 e. The summed E-state index contributed by atoms with van der Waals surface area (Å²) in [7, 11) is 1.82. The van der Waals surface area contributed by atoms with Gasteiger partial charge < -0.3 is 10.6 Å². The molecule has 0 bridgehead atoms. The zero-order chi connectivity index (χ0) is 13.1. The van der Waals surface area contributed by atoms with Gasteiger partial charge in [0.1, 0.15) is 5.69 Å². The fourth-order valence-corrected chi connectivity index (χ4v) is 2.41. The van der Waals surface area contributed by atoms with Crippen molar-refractivity contribution in [2.75, 3.05) is 20.1 Å². The monoisotopic (exact) mass is 291 g/mol. The largest absolute Gasteiger partial charge is 0.340 e. The van der Waals surface area contributed by atoms with E-state index < -0.39 is 0 Å². The summed E-state index contributed by atoms with van der Waals surface area (Å²) in [6.45, 7) is 7.61. The number of amides is 1. The van der Waals surface area contributed by atoms with Crippen LogP contribution in [-0.2, 0) is 6.42 Å². The molecule has 1 amide bonds. The Labute approximate surface area is 119 Å². The molecule has 0 atom stereocenters. The van der Waals surface area contributed by atoms with E-state index in [2.05, 4.69) is 25.8 Å². The van der Waals surface area contributed by atoms with E-state index in [1.54, 1.807) is 4.90 Å². The highest BCUT2D eigenvalue weighted by atomic mass is 35.5. The van der Waals surface area contributed by atoms with Crippen molar-refractivity contribution in [3.63, 3.8) is 0 Å². The van der Waals surface area contributed by atoms with Crippen molar-refractivity contribution in [3.8, 4) is 0 Å². The SMILES string of the molecule is CN(CC(C)(C)C)C(=O)c1csc(CCN)n1.Cl. The number of hydrogen-bond acceptors (Lipinski definition) is 4. The summed E-state index contributed by atoms with van der Waals surface area (Å²) >= 11 is 1.50. The number of hydrogen-bond donors (Lipinski definition) is 1. The average Bonchev–Trinajstić information content (AvgIpc) is 2.63. The van der Waals surface area contributed by atoms with Gasteiger partial charge in [0.25, 0.3) is 5.91 Å². The van der Waals surface area contributed by atoms with E-state index >= 15 is 0 Å². The average molecular weight is 292 g/mol. The summed E-state index contributed by atoms with van der Waals surface area (Å²) in [5.41, 5.74) is 6.09. The van der Waals surface area contributed by atoms with Crippen molar-refractivity contribution >= 4 is 29.7 Å². The minimum Gasteiger partial charge on any atom is -0.340 e. The fourth-order valence-electron chi connectivity index (χ4n) is 1.63. The summed E-state index contributed by atoms with van der Waals surface area (Å²) in [4.78, 5) is 18.1. The van der Waals surface area contributed by atoms with Gasteiger partial charge in [-0.05, 0) is 12.0 Å². The van der Waals surface area contributed by atoms with Crippen LogP contribution in [0.2, 0.25) is 0 Å². The Kier molecular flexibility index (Phi) is 6.81. The van der Waals surface area contributed by atoms with E-state index in [-0.39, 0.29) is 23.7 Å². The molecule has 1 heterocycles. The maximum Gasteiger partial charge on any atom is 0.273 e. The highest BCUT2D eigenvalue weighted by molar-refractivity contribution is 7.09. The quantitative estimate of drug-likeness (QED) is 0.925. The van der Waals surface area contributed by atoms with Crippen molar-refractivity contribution in [3.05, 3.63) is 16.1 Å². The van der Waals surface area contributed by atoms with Gasteiger partial charge in [-0.3, -0.25) is 4.79 Å². The van der Waals surface area contributed by atoms with Crippen molar-refractivity contribution < 1.29 is 4.79 Å². The summed E-state index contributed by atoms with van der Waals surface area (Å²) in [5, 5.41) is 2.74. The van der Waals surface area contributed by atoms with E-state index in [1.807, 2.05) is 12.4 Å². The van der Waals surface area contributed by atoms with Crippen molar-refractivity contribution in [1.82, 2.24) is 9.88 Å². The van der Waals surface area contributed by atoms with Crippen LogP contribution in [0.5, 0.6) is 0 Å². The van der Waals surface area contributed by atoms with Crippen molar-refractivity contribution in [2.24, 2.45) is 11.1 Å². The molecule has 0 spiro atoms. The second kappa shape index (κ2) is 7.07. The highest BCUT2D eigenvalue weighted by Gasteiger charge is 2.20. The highest BCUT2D eigenvalue weighted by Crippen LogP contribution is 2.17. The summed E-state index contributed by atoms with van der Waals surface area (Å²) in [5.74, 6) is -0.0144. The second-order valence-electron chi connectivity index (χ2n) is 5.39. The Bertz CT molecular complexity index is 387. The van der Waals surface area contributed by atoms with Gasteiger partial charge >= 0.3 is 0 Å². The third kappa shape index (κ3) is 5.33. The van der Waals surface area contributed by atoms with Gasteiger partial charge in [0.05, 0.1) is 5.01 Å². The Balaban J connectivity index is 0.00000289. The normalized spacial score (nSPS) is 10.9. The maximum absolute atomic E-state index is 12.1. The zero-order valence-corrected chi connectivity index (χ0v) is 13.0. The van der Waals surface area contributed by atoms with Gasteiger partial charge in [0, 0.05) is 25.4 Å². The van der Waals surface area contributed by atoms with E-state index in [9.17, 15) is 4.79 Å². The summed E-state index contributed by atoms with van der Waals surface area (Å²) in [6, 6.07) is 0. The lowest BCUT2D eigenvalue weighted by Gasteiger charge is -2.26. The van der Waals surface area contributed by atoms with Crippen LogP contribution in [0, 0.1) is 5.41 Å². The van der Waals surface area contributed by atoms with Crippen LogP contribution in [0.4, 0.5) is 0 Å². The minimum absolute atomic E-state index is 0. The van der Waals surface area contributed by atoms with Gasteiger partial charge in [0.15, 0.2) is 0 Å². The van der Waals surface area contributed by atoms with E-state index in [1.165, 1.54) is 11.3 Å². The molecule has 2 N–H and O–H groups in total. The molecule has 0 saturated carbocycles. The first kappa shape index (κ1) is 17.4. The van der Waals surface area contributed by atoms with Gasteiger partial charge in [-0.25, -0.2) is 4.98 Å². The zero-order valence-electron chi connectivity index (χ0n) is 11.4. The van der Waals surface area contributed by atoms with Crippen LogP contribution in [-0.4, -0.2) is 35.9 Å². The van der Waals surface area contributed by atoms with Crippen LogP contribution >= 0.6 is 23.7 Å². The lowest BCUT2D eigenvalue weighted by atomic mass is 9.96. The van der Waals surface area contributed by atoms with Gasteiger partial charge in [-0.2, -0.15) is 0 Å². The molecule has 6 heteroatoms. The third-order valence-corrected chi connectivity index (χ3v) is 3.10. The van der Waals surface area contributed by atoms with Gasteiger partial charge in [-0.1, -0.05) is 20.8 Å². The molecule has 0 aromatic carbocycles. The number of nitrogens with two attached hydrogens (primary N) is 1.